The Morgan fingerprint density at radius 3 is 1.40 bits per heavy atom. The van der Waals surface area contributed by atoms with Crippen molar-refractivity contribution in [2.24, 2.45) is 0 Å². The Hall–Kier alpha value is -6.20. The Balaban J connectivity index is 1.16. The van der Waals surface area contributed by atoms with Crippen LogP contribution in [0.4, 0.5) is 0 Å². The lowest BCUT2D eigenvalue weighted by atomic mass is 10.0. The zero-order valence-electron chi connectivity index (χ0n) is 23.8. The van der Waals surface area contributed by atoms with E-state index in [1.165, 1.54) is 27.1 Å². The Labute approximate surface area is 254 Å². The van der Waals surface area contributed by atoms with Crippen molar-refractivity contribution in [3.8, 4) is 22.5 Å². The minimum atomic E-state index is 0.872. The van der Waals surface area contributed by atoms with Gasteiger partial charge in [0.25, 0.3) is 0 Å². The first-order valence-electron chi connectivity index (χ1n) is 15.1. The lowest BCUT2D eigenvalue weighted by Crippen LogP contribution is -1.88. The van der Waals surface area contributed by atoms with Gasteiger partial charge >= 0.3 is 0 Å². The molecule has 208 valence electrons. The second-order valence-electron chi connectivity index (χ2n) is 11.8. The number of benzene rings is 5. The molecule has 0 spiro atoms. The van der Waals surface area contributed by atoms with Crippen LogP contribution in [-0.2, 0) is 0 Å². The van der Waals surface area contributed by atoms with Crippen molar-refractivity contribution >= 4 is 82.0 Å². The van der Waals surface area contributed by atoms with Crippen LogP contribution in [-0.4, -0.2) is 14.4 Å². The maximum atomic E-state index is 6.18. The van der Waals surface area contributed by atoms with Crippen LogP contribution < -0.4 is 0 Å². The predicted molar refractivity (Wildman–Crippen MR) is 182 cm³/mol. The largest absolute Gasteiger partial charge is 0.456 e. The van der Waals surface area contributed by atoms with Gasteiger partial charge in [-0.3, -0.25) is 9.97 Å². The Bertz CT molecular complexity index is 2800. The fourth-order valence-corrected chi connectivity index (χ4v) is 7.54. The molecule has 6 heterocycles. The van der Waals surface area contributed by atoms with Crippen LogP contribution in [0, 0.1) is 0 Å². The summed E-state index contributed by atoms with van der Waals surface area (Å²) in [7, 11) is 0. The van der Waals surface area contributed by atoms with Gasteiger partial charge in [-0.15, -0.1) is 0 Å². The van der Waals surface area contributed by atoms with Crippen LogP contribution in [0.2, 0.25) is 0 Å². The summed E-state index contributed by atoms with van der Waals surface area (Å²) in [5, 5.41) is 9.15. The predicted octanol–water partition coefficient (Wildman–Crippen LogP) is 10.8. The number of nitrogens with zero attached hydrogens (tertiary/aromatic N) is 3. The molecule has 0 aliphatic heterocycles. The summed E-state index contributed by atoms with van der Waals surface area (Å²) < 4.78 is 14.7. The molecule has 0 saturated heterocycles. The van der Waals surface area contributed by atoms with Gasteiger partial charge in [0.2, 0.25) is 0 Å². The number of rotatable bonds is 2. The van der Waals surface area contributed by atoms with Crippen LogP contribution in [0.5, 0.6) is 0 Å². The van der Waals surface area contributed by atoms with E-state index in [-0.39, 0.29) is 0 Å². The van der Waals surface area contributed by atoms with Crippen LogP contribution in [0.15, 0.2) is 136 Å². The number of pyridine rings is 2. The smallest absolute Gasteiger partial charge is 0.136 e. The molecule has 0 aliphatic carbocycles. The summed E-state index contributed by atoms with van der Waals surface area (Å²) in [5.41, 5.74) is 10.9. The number of furan rings is 2. The summed E-state index contributed by atoms with van der Waals surface area (Å²) in [5.74, 6) is 0. The first-order chi connectivity index (χ1) is 22.3. The van der Waals surface area contributed by atoms with Crippen molar-refractivity contribution in [3.05, 3.63) is 128 Å². The fraction of sp³-hybridized carbons (Fsp3) is 0. The van der Waals surface area contributed by atoms with Crippen molar-refractivity contribution in [1.29, 1.82) is 0 Å². The van der Waals surface area contributed by atoms with Gasteiger partial charge in [-0.2, -0.15) is 0 Å². The number of hydrogen-bond donors (Lipinski definition) is 0. The Morgan fingerprint density at radius 1 is 0.422 bits per heavy atom. The summed E-state index contributed by atoms with van der Waals surface area (Å²) in [6.45, 7) is 0. The topological polar surface area (TPSA) is 56.5 Å². The van der Waals surface area contributed by atoms with Gasteiger partial charge < -0.3 is 13.2 Å². The van der Waals surface area contributed by atoms with Crippen LogP contribution in [0.1, 0.15) is 0 Å². The highest BCUT2D eigenvalue weighted by Gasteiger charge is 2.21. The quantitative estimate of drug-likeness (QED) is 0.206. The van der Waals surface area contributed by atoms with E-state index in [1.807, 2.05) is 60.9 Å². The van der Waals surface area contributed by atoms with E-state index in [1.54, 1.807) is 0 Å². The van der Waals surface area contributed by atoms with Gasteiger partial charge in [0, 0.05) is 54.2 Å². The molecule has 45 heavy (non-hydrogen) atoms. The van der Waals surface area contributed by atoms with Crippen molar-refractivity contribution in [2.75, 3.05) is 0 Å². The number of aromatic nitrogens is 3. The molecule has 5 heteroatoms. The molecule has 0 radical (unpaired) electrons. The molecule has 11 aromatic rings. The first-order valence-corrected chi connectivity index (χ1v) is 15.1. The molecule has 0 N–H and O–H groups in total. The van der Waals surface area contributed by atoms with E-state index in [2.05, 4.69) is 71.1 Å². The molecule has 0 fully saturated rings. The third kappa shape index (κ3) is 2.97. The summed E-state index contributed by atoms with van der Waals surface area (Å²) >= 11 is 0. The third-order valence-electron chi connectivity index (χ3n) is 9.44. The highest BCUT2D eigenvalue weighted by atomic mass is 16.3. The zero-order chi connectivity index (χ0) is 29.2. The van der Waals surface area contributed by atoms with Crippen molar-refractivity contribution in [2.45, 2.75) is 0 Å². The number of fused-ring (bicyclic) bond motifs is 12. The van der Waals surface area contributed by atoms with Crippen molar-refractivity contribution in [1.82, 2.24) is 14.4 Å². The average Bonchev–Trinajstić information content (AvgIpc) is 3.84. The van der Waals surface area contributed by atoms with Crippen LogP contribution in [0.25, 0.3) is 104 Å². The van der Waals surface area contributed by atoms with Crippen molar-refractivity contribution < 1.29 is 8.83 Å². The molecule has 5 nitrogen and oxygen atoms in total. The first kappa shape index (κ1) is 23.3. The second kappa shape index (κ2) is 8.24. The molecule has 11 rings (SSSR count). The average molecular weight is 576 g/mol. The molecular weight excluding hydrogens is 554 g/mol. The van der Waals surface area contributed by atoms with E-state index in [9.17, 15) is 0 Å². The molecule has 0 bridgehead atoms. The lowest BCUT2D eigenvalue weighted by Gasteiger charge is -2.06. The van der Waals surface area contributed by atoms with E-state index >= 15 is 0 Å². The maximum absolute atomic E-state index is 6.18. The van der Waals surface area contributed by atoms with Gasteiger partial charge in [-0.1, -0.05) is 78.9 Å². The maximum Gasteiger partial charge on any atom is 0.136 e. The molecule has 0 amide bonds. The Morgan fingerprint density at radius 2 is 0.867 bits per heavy atom. The molecule has 5 aromatic carbocycles. The van der Waals surface area contributed by atoms with E-state index in [4.69, 9.17) is 18.8 Å². The summed E-state index contributed by atoms with van der Waals surface area (Å²) in [6, 6.07) is 39.9. The van der Waals surface area contributed by atoms with Gasteiger partial charge in [-0.25, -0.2) is 0 Å². The van der Waals surface area contributed by atoms with Gasteiger partial charge in [0.1, 0.15) is 22.3 Å². The lowest BCUT2D eigenvalue weighted by molar-refractivity contribution is 0.668. The van der Waals surface area contributed by atoms with Gasteiger partial charge in [-0.05, 0) is 36.4 Å². The SMILES string of the molecule is c1ccc2c(c1)oc1cccc(-c3cc4c5cccc6c7cc(-c8cccc9oc%10ccccc%10c89)ncc7n(c4cn3)c56)c12. The highest BCUT2D eigenvalue weighted by molar-refractivity contribution is 6.24. The molecule has 0 unspecified atom stereocenters. The van der Waals surface area contributed by atoms with Gasteiger partial charge in [0.05, 0.1) is 40.3 Å². The fourth-order valence-electron chi connectivity index (χ4n) is 7.54. The molecule has 0 aliphatic rings. The number of hydrogen-bond acceptors (Lipinski definition) is 4. The van der Waals surface area contributed by atoms with Crippen LogP contribution >= 0.6 is 0 Å². The minimum absolute atomic E-state index is 0.872. The zero-order valence-corrected chi connectivity index (χ0v) is 23.8. The van der Waals surface area contributed by atoms with E-state index in [0.717, 1.165) is 77.4 Å². The molecule has 0 atom stereocenters. The van der Waals surface area contributed by atoms with Crippen LogP contribution in [0.3, 0.4) is 0 Å². The Kier molecular flexibility index (Phi) is 4.26. The number of para-hydroxylation sites is 3. The van der Waals surface area contributed by atoms with E-state index in [0.29, 0.717) is 0 Å². The molecular formula is C40H21N3O2. The van der Waals surface area contributed by atoms with E-state index < -0.39 is 0 Å². The normalized spacial score (nSPS) is 12.4. The highest BCUT2D eigenvalue weighted by Crippen LogP contribution is 2.43. The molecule has 0 saturated carbocycles. The third-order valence-corrected chi connectivity index (χ3v) is 9.44. The molecule has 6 aromatic heterocycles. The van der Waals surface area contributed by atoms with Crippen molar-refractivity contribution in [3.63, 3.8) is 0 Å². The van der Waals surface area contributed by atoms with Gasteiger partial charge in [0.15, 0.2) is 0 Å². The summed E-state index contributed by atoms with van der Waals surface area (Å²) in [6.07, 6.45) is 4.02. The monoisotopic (exact) mass is 575 g/mol. The minimum Gasteiger partial charge on any atom is -0.456 e. The standard InChI is InChI=1S/C40H21N3O2/c1-3-14-34-26(8-1)38-24(12-6-16-36(38)44-34)30-18-28-22-10-5-11-23-29-19-31(42-21-33(29)43(40(22)23)32(28)20-41-30)25-13-7-17-37-39(25)27-9-2-4-15-35(27)45-37/h1-21H. The second-order valence-corrected chi connectivity index (χ2v) is 11.8. The summed E-state index contributed by atoms with van der Waals surface area (Å²) in [4.78, 5) is 10.1.